The number of aliphatic hydroxyl groups is 1. The van der Waals surface area contributed by atoms with Crippen molar-refractivity contribution in [2.45, 2.75) is 32.1 Å². The molecule has 0 radical (unpaired) electrons. The maximum absolute atomic E-state index is 12.0. The zero-order valence-corrected chi connectivity index (χ0v) is 13.5. The van der Waals surface area contributed by atoms with Crippen molar-refractivity contribution in [2.75, 3.05) is 6.61 Å². The van der Waals surface area contributed by atoms with Crippen molar-refractivity contribution in [3.05, 3.63) is 44.8 Å². The van der Waals surface area contributed by atoms with Crippen molar-refractivity contribution >= 4 is 8.07 Å². The second kappa shape index (κ2) is 5.88. The molecule has 0 unspecified atom stereocenters. The van der Waals surface area contributed by atoms with Crippen molar-refractivity contribution in [1.29, 1.82) is 0 Å². The van der Waals surface area contributed by atoms with Gasteiger partial charge in [-0.15, -0.1) is 5.54 Å². The van der Waals surface area contributed by atoms with Gasteiger partial charge in [0.25, 0.3) is 5.56 Å². The van der Waals surface area contributed by atoms with E-state index in [2.05, 4.69) is 36.1 Å². The van der Waals surface area contributed by atoms with Gasteiger partial charge in [-0.25, -0.2) is 4.79 Å². The minimum atomic E-state index is -1.60. The summed E-state index contributed by atoms with van der Waals surface area (Å²) in [5, 5.41) is 9.37. The Bertz CT molecular complexity index is 728. The van der Waals surface area contributed by atoms with E-state index in [-0.39, 0.29) is 18.6 Å². The molecule has 0 aliphatic heterocycles. The van der Waals surface area contributed by atoms with E-state index in [0.29, 0.717) is 5.56 Å². The standard InChI is InChI=1S/C15H20N2O3Si/c1-21(2,3)8-7-11-9-17(15(20)16-14(11)19)13-6-4-5-12(13)10-18/h4,6,9,12-13,18H,5,10H2,1-3H3,(H,16,19,20)/t12-,13-/m0/s1. The molecule has 2 atom stereocenters. The molecule has 0 bridgehead atoms. The number of allylic oxidation sites excluding steroid dienone is 2. The summed E-state index contributed by atoms with van der Waals surface area (Å²) in [6, 6.07) is -0.230. The number of H-pyrrole nitrogens is 1. The molecule has 2 rings (SSSR count). The fourth-order valence-corrected chi connectivity index (χ4v) is 2.75. The lowest BCUT2D eigenvalue weighted by molar-refractivity contribution is 0.202. The Balaban J connectivity index is 2.48. The van der Waals surface area contributed by atoms with E-state index in [0.717, 1.165) is 6.42 Å². The first-order valence-electron chi connectivity index (χ1n) is 6.98. The van der Waals surface area contributed by atoms with Crippen LogP contribution in [0.1, 0.15) is 18.0 Å². The third kappa shape index (κ3) is 3.63. The fraction of sp³-hybridized carbons (Fsp3) is 0.467. The highest BCUT2D eigenvalue weighted by molar-refractivity contribution is 6.83. The minimum absolute atomic E-state index is 0.000844. The van der Waals surface area contributed by atoms with Crippen LogP contribution in [-0.4, -0.2) is 29.3 Å². The SMILES string of the molecule is C[Si](C)(C)C#Cc1cn([C@H]2C=CC[C@H]2CO)c(=O)[nH]c1=O. The van der Waals surface area contributed by atoms with Crippen molar-refractivity contribution in [3.8, 4) is 11.5 Å². The topological polar surface area (TPSA) is 75.1 Å². The number of hydrogen-bond acceptors (Lipinski definition) is 3. The summed E-state index contributed by atoms with van der Waals surface area (Å²) in [4.78, 5) is 26.2. The number of nitrogens with one attached hydrogen (secondary N) is 1. The number of hydrogen-bond donors (Lipinski definition) is 2. The number of nitrogens with zero attached hydrogens (tertiary/aromatic N) is 1. The maximum atomic E-state index is 12.0. The molecule has 1 heterocycles. The third-order valence-corrected chi connectivity index (χ3v) is 4.23. The van der Waals surface area contributed by atoms with E-state index in [4.69, 9.17) is 0 Å². The molecule has 1 aromatic rings. The first-order chi connectivity index (χ1) is 9.81. The summed E-state index contributed by atoms with van der Waals surface area (Å²) in [7, 11) is -1.60. The predicted octanol–water partition coefficient (Wildman–Crippen LogP) is 0.875. The van der Waals surface area contributed by atoms with Crippen LogP contribution in [0.25, 0.3) is 0 Å². The van der Waals surface area contributed by atoms with Gasteiger partial charge in [0.05, 0.1) is 6.04 Å². The van der Waals surface area contributed by atoms with Crippen molar-refractivity contribution in [3.63, 3.8) is 0 Å². The van der Waals surface area contributed by atoms with E-state index in [1.807, 2.05) is 12.2 Å². The van der Waals surface area contributed by atoms with Gasteiger partial charge in [0.1, 0.15) is 13.6 Å². The van der Waals surface area contributed by atoms with Gasteiger partial charge in [-0.1, -0.05) is 37.7 Å². The van der Waals surface area contributed by atoms with Crippen LogP contribution in [0.3, 0.4) is 0 Å². The quantitative estimate of drug-likeness (QED) is 0.484. The van der Waals surface area contributed by atoms with E-state index >= 15 is 0 Å². The summed E-state index contributed by atoms with van der Waals surface area (Å²) in [5.74, 6) is 2.86. The summed E-state index contributed by atoms with van der Waals surface area (Å²) in [5.41, 5.74) is 2.51. The second-order valence-corrected chi connectivity index (χ2v) is 11.1. The van der Waals surface area contributed by atoms with Gasteiger partial charge in [0, 0.05) is 18.7 Å². The van der Waals surface area contributed by atoms with Crippen molar-refractivity contribution in [2.24, 2.45) is 5.92 Å². The lowest BCUT2D eigenvalue weighted by atomic mass is 10.0. The molecular formula is C15H20N2O3Si. The van der Waals surface area contributed by atoms with Gasteiger partial charge in [0.15, 0.2) is 0 Å². The van der Waals surface area contributed by atoms with Gasteiger partial charge >= 0.3 is 5.69 Å². The lowest BCUT2D eigenvalue weighted by Gasteiger charge is -2.19. The molecule has 5 nitrogen and oxygen atoms in total. The van der Waals surface area contributed by atoms with Gasteiger partial charge in [-0.3, -0.25) is 14.3 Å². The average Bonchev–Trinajstić information content (AvgIpc) is 2.84. The van der Waals surface area contributed by atoms with Crippen LogP contribution in [0, 0.1) is 17.4 Å². The van der Waals surface area contributed by atoms with Gasteiger partial charge in [0.2, 0.25) is 0 Å². The highest BCUT2D eigenvalue weighted by atomic mass is 28.3. The fourth-order valence-electron chi connectivity index (χ4n) is 2.24. The highest BCUT2D eigenvalue weighted by Crippen LogP contribution is 2.27. The first-order valence-corrected chi connectivity index (χ1v) is 10.5. The van der Waals surface area contributed by atoms with Crippen LogP contribution in [0.15, 0.2) is 27.9 Å². The molecule has 0 fully saturated rings. The smallest absolute Gasteiger partial charge is 0.328 e. The molecule has 1 aliphatic carbocycles. The average molecular weight is 304 g/mol. The van der Waals surface area contributed by atoms with Crippen LogP contribution in [0.2, 0.25) is 19.6 Å². The van der Waals surface area contributed by atoms with Crippen LogP contribution in [0.5, 0.6) is 0 Å². The number of aromatic nitrogens is 2. The third-order valence-electron chi connectivity index (χ3n) is 3.35. The maximum Gasteiger partial charge on any atom is 0.328 e. The van der Waals surface area contributed by atoms with Crippen LogP contribution in [-0.2, 0) is 0 Å². The van der Waals surface area contributed by atoms with Crippen molar-refractivity contribution in [1.82, 2.24) is 9.55 Å². The number of rotatable bonds is 2. The molecule has 6 heteroatoms. The zero-order chi connectivity index (χ0) is 15.6. The minimum Gasteiger partial charge on any atom is -0.396 e. The highest BCUT2D eigenvalue weighted by Gasteiger charge is 2.25. The van der Waals surface area contributed by atoms with Crippen LogP contribution in [0.4, 0.5) is 0 Å². The van der Waals surface area contributed by atoms with Crippen LogP contribution >= 0.6 is 0 Å². The molecule has 2 N–H and O–H groups in total. The molecule has 0 spiro atoms. The number of aromatic amines is 1. The van der Waals surface area contributed by atoms with Gasteiger partial charge < -0.3 is 5.11 Å². The summed E-state index contributed by atoms with van der Waals surface area (Å²) in [6.07, 6.45) is 6.06. The van der Waals surface area contributed by atoms with E-state index in [1.165, 1.54) is 10.8 Å². The molecule has 0 amide bonds. The Morgan fingerprint density at radius 1 is 1.43 bits per heavy atom. The molecule has 0 aromatic carbocycles. The first kappa shape index (κ1) is 15.5. The Morgan fingerprint density at radius 3 is 2.76 bits per heavy atom. The monoisotopic (exact) mass is 304 g/mol. The predicted molar refractivity (Wildman–Crippen MR) is 84.9 cm³/mol. The lowest BCUT2D eigenvalue weighted by Crippen LogP contribution is -2.35. The normalized spacial score (nSPS) is 21.1. The Morgan fingerprint density at radius 2 is 2.14 bits per heavy atom. The molecule has 112 valence electrons. The van der Waals surface area contributed by atoms with Crippen LogP contribution < -0.4 is 11.2 Å². The van der Waals surface area contributed by atoms with Gasteiger partial charge in [-0.2, -0.15) is 0 Å². The zero-order valence-electron chi connectivity index (χ0n) is 12.5. The van der Waals surface area contributed by atoms with E-state index in [1.54, 1.807) is 0 Å². The van der Waals surface area contributed by atoms with Gasteiger partial charge in [-0.05, 0) is 6.42 Å². The van der Waals surface area contributed by atoms with Crippen molar-refractivity contribution < 1.29 is 5.11 Å². The summed E-state index contributed by atoms with van der Waals surface area (Å²) >= 11 is 0. The Labute approximate surface area is 124 Å². The number of aliphatic hydroxyl groups excluding tert-OH is 1. The summed E-state index contributed by atoms with van der Waals surface area (Å²) < 4.78 is 1.46. The largest absolute Gasteiger partial charge is 0.396 e. The Hall–Kier alpha value is -1.84. The van der Waals surface area contributed by atoms with E-state index in [9.17, 15) is 14.7 Å². The van der Waals surface area contributed by atoms with E-state index < -0.39 is 19.3 Å². The molecule has 1 aliphatic rings. The molecule has 1 aromatic heterocycles. The molecule has 0 saturated carbocycles. The second-order valence-electron chi connectivity index (χ2n) is 6.31. The molecular weight excluding hydrogens is 284 g/mol. The Kier molecular flexibility index (Phi) is 4.35. The molecule has 0 saturated heterocycles. The summed E-state index contributed by atoms with van der Waals surface area (Å²) in [6.45, 7) is 6.27. The molecule has 21 heavy (non-hydrogen) atoms.